The van der Waals surface area contributed by atoms with E-state index in [9.17, 15) is 14.4 Å². The van der Waals surface area contributed by atoms with E-state index in [-0.39, 0.29) is 12.5 Å². The van der Waals surface area contributed by atoms with E-state index in [1.54, 1.807) is 45.0 Å². The number of ether oxygens (including phenoxy) is 2. The molecule has 8 nitrogen and oxygen atoms in total. The Morgan fingerprint density at radius 2 is 1.53 bits per heavy atom. The van der Waals surface area contributed by atoms with Gasteiger partial charge in [0.15, 0.2) is 0 Å². The Hall–Kier alpha value is -3.55. The minimum atomic E-state index is -0.667. The lowest BCUT2D eigenvalue weighted by molar-refractivity contribution is -0.116. The van der Waals surface area contributed by atoms with E-state index in [4.69, 9.17) is 9.47 Å². The van der Waals surface area contributed by atoms with Crippen molar-refractivity contribution in [3.8, 4) is 5.75 Å². The van der Waals surface area contributed by atoms with Crippen molar-refractivity contribution in [3.05, 3.63) is 54.1 Å². The van der Waals surface area contributed by atoms with E-state index < -0.39 is 17.6 Å². The summed E-state index contributed by atoms with van der Waals surface area (Å²) in [6.45, 7) is 7.44. The Morgan fingerprint density at radius 3 is 2.16 bits per heavy atom. The van der Waals surface area contributed by atoms with Crippen molar-refractivity contribution in [1.29, 1.82) is 0 Å². The van der Waals surface area contributed by atoms with Crippen molar-refractivity contribution in [1.82, 2.24) is 5.32 Å². The number of hydrogen-bond donors (Lipinski definition) is 3. The fourth-order valence-electron chi connectivity index (χ4n) is 2.63. The van der Waals surface area contributed by atoms with Crippen LogP contribution in [0.3, 0.4) is 0 Å². The zero-order valence-electron chi connectivity index (χ0n) is 19.0. The van der Waals surface area contributed by atoms with Crippen LogP contribution in [0, 0.1) is 6.92 Å². The maximum atomic E-state index is 12.2. The molecule has 0 aliphatic rings. The number of rotatable bonds is 9. The second kappa shape index (κ2) is 11.7. The van der Waals surface area contributed by atoms with Crippen LogP contribution in [0.1, 0.15) is 39.2 Å². The predicted octanol–water partition coefficient (Wildman–Crippen LogP) is 4.26. The van der Waals surface area contributed by atoms with Crippen molar-refractivity contribution >= 4 is 29.3 Å². The summed E-state index contributed by atoms with van der Waals surface area (Å²) in [5.74, 6) is 0.223. The van der Waals surface area contributed by atoms with Crippen molar-refractivity contribution in [2.45, 2.75) is 46.1 Å². The van der Waals surface area contributed by atoms with E-state index in [1.807, 2.05) is 31.2 Å². The molecule has 3 amide bonds. The lowest BCUT2D eigenvalue weighted by Crippen LogP contribution is -2.37. The van der Waals surface area contributed by atoms with Gasteiger partial charge in [0, 0.05) is 17.8 Å². The largest absolute Gasteiger partial charge is 0.494 e. The molecule has 8 heteroatoms. The maximum absolute atomic E-state index is 12.2. The molecule has 0 saturated heterocycles. The molecule has 32 heavy (non-hydrogen) atoms. The molecule has 0 bridgehead atoms. The molecule has 2 aromatic rings. The minimum absolute atomic E-state index is 0.146. The molecule has 0 radical (unpaired) electrons. The number of aryl methyl sites for hydroxylation is 1. The van der Waals surface area contributed by atoms with Gasteiger partial charge >= 0.3 is 6.09 Å². The van der Waals surface area contributed by atoms with Crippen LogP contribution >= 0.6 is 0 Å². The molecule has 0 aliphatic carbocycles. The van der Waals surface area contributed by atoms with E-state index in [0.29, 0.717) is 30.8 Å². The van der Waals surface area contributed by atoms with Gasteiger partial charge in [0.2, 0.25) is 11.8 Å². The molecule has 0 fully saturated rings. The van der Waals surface area contributed by atoms with Gasteiger partial charge in [0.25, 0.3) is 0 Å². The first-order valence-corrected chi connectivity index (χ1v) is 10.5. The zero-order valence-corrected chi connectivity index (χ0v) is 19.0. The smallest absolute Gasteiger partial charge is 0.408 e. The fourth-order valence-corrected chi connectivity index (χ4v) is 2.63. The second-order valence-corrected chi connectivity index (χ2v) is 8.30. The Bertz CT molecular complexity index is 920. The molecule has 0 atom stereocenters. The van der Waals surface area contributed by atoms with Crippen LogP contribution < -0.4 is 20.7 Å². The molecule has 0 spiro atoms. The Labute approximate surface area is 188 Å². The number of nitrogens with one attached hydrogen (secondary N) is 3. The quantitative estimate of drug-likeness (QED) is 0.504. The van der Waals surface area contributed by atoms with Crippen molar-refractivity contribution < 1.29 is 23.9 Å². The van der Waals surface area contributed by atoms with Crippen LogP contribution in [-0.4, -0.2) is 36.7 Å². The van der Waals surface area contributed by atoms with E-state index in [0.717, 1.165) is 11.3 Å². The van der Waals surface area contributed by atoms with Gasteiger partial charge in [0.1, 0.15) is 17.9 Å². The molecule has 2 rings (SSSR count). The van der Waals surface area contributed by atoms with Crippen LogP contribution in [0.5, 0.6) is 5.75 Å². The summed E-state index contributed by atoms with van der Waals surface area (Å²) >= 11 is 0. The number of benzene rings is 2. The highest BCUT2D eigenvalue weighted by atomic mass is 16.6. The van der Waals surface area contributed by atoms with Crippen LogP contribution in [-0.2, 0) is 14.3 Å². The molecular weight excluding hydrogens is 410 g/mol. The van der Waals surface area contributed by atoms with Crippen LogP contribution in [0.15, 0.2) is 48.5 Å². The molecular formula is C24H31N3O5. The third-order valence-electron chi connectivity index (χ3n) is 4.06. The number of carbonyl (C=O) groups excluding carboxylic acids is 3. The number of carbonyl (C=O) groups is 3. The first-order valence-electron chi connectivity index (χ1n) is 10.5. The molecule has 172 valence electrons. The summed E-state index contributed by atoms with van der Waals surface area (Å²) in [4.78, 5) is 35.8. The molecule has 2 aromatic carbocycles. The van der Waals surface area contributed by atoms with Gasteiger partial charge < -0.3 is 25.4 Å². The average Bonchev–Trinajstić information content (AvgIpc) is 2.70. The van der Waals surface area contributed by atoms with Crippen molar-refractivity contribution in [2.24, 2.45) is 0 Å². The van der Waals surface area contributed by atoms with E-state index in [2.05, 4.69) is 16.0 Å². The fraction of sp³-hybridized carbons (Fsp3) is 0.375. The zero-order chi connectivity index (χ0) is 23.6. The number of amides is 3. The average molecular weight is 442 g/mol. The monoisotopic (exact) mass is 441 g/mol. The number of hydrogen-bond acceptors (Lipinski definition) is 5. The minimum Gasteiger partial charge on any atom is -0.494 e. The molecule has 0 aromatic heterocycles. The third kappa shape index (κ3) is 9.97. The van der Waals surface area contributed by atoms with Crippen molar-refractivity contribution in [2.75, 3.05) is 23.8 Å². The number of anilines is 2. The normalized spacial score (nSPS) is 10.8. The highest BCUT2D eigenvalue weighted by Crippen LogP contribution is 2.16. The van der Waals surface area contributed by atoms with Gasteiger partial charge in [-0.3, -0.25) is 9.59 Å². The highest BCUT2D eigenvalue weighted by molar-refractivity contribution is 5.95. The molecule has 0 unspecified atom stereocenters. The van der Waals surface area contributed by atoms with Crippen LogP contribution in [0.4, 0.5) is 16.2 Å². The third-order valence-corrected chi connectivity index (χ3v) is 4.06. The van der Waals surface area contributed by atoms with E-state index in [1.165, 1.54) is 0 Å². The Balaban J connectivity index is 1.72. The van der Waals surface area contributed by atoms with Gasteiger partial charge in [-0.05, 0) is 64.4 Å². The maximum Gasteiger partial charge on any atom is 0.408 e. The number of alkyl carbamates (subject to hydrolysis) is 1. The van der Waals surface area contributed by atoms with Gasteiger partial charge in [-0.15, -0.1) is 0 Å². The summed E-state index contributed by atoms with van der Waals surface area (Å²) in [5, 5.41) is 7.86. The van der Waals surface area contributed by atoms with E-state index >= 15 is 0 Å². The first kappa shape index (κ1) is 24.7. The lowest BCUT2D eigenvalue weighted by atomic mass is 10.2. The van der Waals surface area contributed by atoms with Gasteiger partial charge in [-0.2, -0.15) is 0 Å². The molecule has 0 heterocycles. The Morgan fingerprint density at radius 1 is 0.906 bits per heavy atom. The van der Waals surface area contributed by atoms with Crippen molar-refractivity contribution in [3.63, 3.8) is 0 Å². The lowest BCUT2D eigenvalue weighted by Gasteiger charge is -2.19. The summed E-state index contributed by atoms with van der Waals surface area (Å²) in [7, 11) is 0. The summed E-state index contributed by atoms with van der Waals surface area (Å²) < 4.78 is 10.7. The van der Waals surface area contributed by atoms with Gasteiger partial charge in [-0.25, -0.2) is 4.79 Å². The second-order valence-electron chi connectivity index (χ2n) is 8.30. The topological polar surface area (TPSA) is 106 Å². The van der Waals surface area contributed by atoms with Crippen LogP contribution in [0.25, 0.3) is 0 Å². The summed E-state index contributed by atoms with van der Waals surface area (Å²) in [6, 6.07) is 14.5. The molecule has 0 saturated carbocycles. The molecule has 3 N–H and O–H groups in total. The summed E-state index contributed by atoms with van der Waals surface area (Å²) in [6.07, 6.45) is 0.217. The van der Waals surface area contributed by atoms with Gasteiger partial charge in [0.05, 0.1) is 6.61 Å². The SMILES string of the molecule is Cc1ccc(OCCCC(=O)Nc2cccc(NC(=O)CNC(=O)OC(C)(C)C)c2)cc1. The predicted molar refractivity (Wildman–Crippen MR) is 124 cm³/mol. The van der Waals surface area contributed by atoms with Gasteiger partial charge in [-0.1, -0.05) is 23.8 Å². The standard InChI is InChI=1S/C24H31N3O5/c1-17-10-12-20(13-11-17)31-14-6-9-21(28)26-18-7-5-8-19(15-18)27-22(29)16-25-23(30)32-24(2,3)4/h5,7-8,10-13,15H,6,9,14,16H2,1-4H3,(H,25,30)(H,26,28)(H,27,29). The first-order chi connectivity index (χ1) is 15.1. The Kier molecular flexibility index (Phi) is 9.07. The molecule has 0 aliphatic heterocycles. The highest BCUT2D eigenvalue weighted by Gasteiger charge is 2.16. The van der Waals surface area contributed by atoms with Crippen LogP contribution in [0.2, 0.25) is 0 Å². The summed E-state index contributed by atoms with van der Waals surface area (Å²) in [5.41, 5.74) is 1.59.